The monoisotopic (exact) mass is 147 g/mol. The van der Waals surface area contributed by atoms with E-state index in [1.165, 1.54) is 6.08 Å². The van der Waals surface area contributed by atoms with Gasteiger partial charge in [0.25, 0.3) is 0 Å². The summed E-state index contributed by atoms with van der Waals surface area (Å²) in [5, 5.41) is 8.23. The smallest absolute Gasteiger partial charge is 0.324 e. The van der Waals surface area contributed by atoms with Gasteiger partial charge in [0.15, 0.2) is 0 Å². The maximum Gasteiger partial charge on any atom is 0.324 e. The van der Waals surface area contributed by atoms with Crippen molar-refractivity contribution in [2.45, 2.75) is 6.04 Å². The van der Waals surface area contributed by atoms with Crippen LogP contribution in [0, 0.1) is 0 Å². The first-order chi connectivity index (χ1) is 4.18. The van der Waals surface area contributed by atoms with Gasteiger partial charge in [-0.05, 0) is 6.16 Å². The third kappa shape index (κ3) is 4.13. The van der Waals surface area contributed by atoms with Crippen LogP contribution >= 0.6 is 9.24 Å². The van der Waals surface area contributed by atoms with Gasteiger partial charge in [-0.25, -0.2) is 0 Å². The molecule has 0 saturated carbocycles. The van der Waals surface area contributed by atoms with Crippen LogP contribution in [-0.2, 0) is 4.79 Å². The first kappa shape index (κ1) is 8.60. The van der Waals surface area contributed by atoms with E-state index in [0.717, 1.165) is 6.16 Å². The number of carbonyl (C=O) groups is 1. The summed E-state index contributed by atoms with van der Waals surface area (Å²) >= 11 is 0. The van der Waals surface area contributed by atoms with Gasteiger partial charge in [-0.2, -0.15) is 0 Å². The van der Waals surface area contributed by atoms with E-state index < -0.39 is 12.0 Å². The molecule has 0 saturated heterocycles. The third-order valence-corrected chi connectivity index (χ3v) is 1.04. The lowest BCUT2D eigenvalue weighted by molar-refractivity contribution is -0.137. The Morgan fingerprint density at radius 1 is 1.89 bits per heavy atom. The van der Waals surface area contributed by atoms with Crippen molar-refractivity contribution in [3.8, 4) is 0 Å². The maximum absolute atomic E-state index is 10.0. The molecule has 0 aromatic carbocycles. The minimum absolute atomic E-state index is 0.737. The molecule has 2 unspecified atom stereocenters. The van der Waals surface area contributed by atoms with Gasteiger partial charge in [0.05, 0.1) is 0 Å². The predicted molar refractivity (Wildman–Crippen MR) is 39.3 cm³/mol. The van der Waals surface area contributed by atoms with Crippen molar-refractivity contribution in [3.63, 3.8) is 0 Å². The van der Waals surface area contributed by atoms with Crippen LogP contribution in [-0.4, -0.2) is 23.3 Å². The highest BCUT2D eigenvalue weighted by Gasteiger charge is 2.04. The van der Waals surface area contributed by atoms with E-state index in [0.29, 0.717) is 0 Å². The molecule has 9 heavy (non-hydrogen) atoms. The van der Waals surface area contributed by atoms with Gasteiger partial charge in [0.1, 0.15) is 6.04 Å². The fourth-order valence-electron chi connectivity index (χ4n) is 0.307. The Labute approximate surface area is 56.1 Å². The minimum Gasteiger partial charge on any atom is -0.480 e. The molecule has 0 fully saturated rings. The second kappa shape index (κ2) is 4.48. The van der Waals surface area contributed by atoms with Gasteiger partial charge in [-0.3, -0.25) is 4.79 Å². The molecule has 0 aliphatic carbocycles. The normalized spacial score (nSPS) is 14.0. The SMILES string of the molecule is NC(/C=C/CP)C(=O)O. The minimum atomic E-state index is -0.996. The predicted octanol–water partition coefficient (Wildman–Crippen LogP) is -0.170. The van der Waals surface area contributed by atoms with Crippen molar-refractivity contribution in [1.29, 1.82) is 0 Å². The average molecular weight is 147 g/mol. The Bertz CT molecular complexity index is 124. The van der Waals surface area contributed by atoms with E-state index in [-0.39, 0.29) is 0 Å². The van der Waals surface area contributed by atoms with Crippen LogP contribution in [0.2, 0.25) is 0 Å². The van der Waals surface area contributed by atoms with Crippen LogP contribution in [0.25, 0.3) is 0 Å². The lowest BCUT2D eigenvalue weighted by Gasteiger charge is -1.95. The second-order valence-electron chi connectivity index (χ2n) is 1.53. The fraction of sp³-hybridized carbons (Fsp3) is 0.400. The largest absolute Gasteiger partial charge is 0.480 e. The van der Waals surface area contributed by atoms with Gasteiger partial charge in [-0.15, -0.1) is 9.24 Å². The van der Waals surface area contributed by atoms with Crippen molar-refractivity contribution in [3.05, 3.63) is 12.2 Å². The molecule has 0 aliphatic rings. The Hall–Kier alpha value is -0.400. The van der Waals surface area contributed by atoms with Crippen LogP contribution in [0.1, 0.15) is 0 Å². The Morgan fingerprint density at radius 2 is 2.44 bits per heavy atom. The molecule has 0 rings (SSSR count). The van der Waals surface area contributed by atoms with E-state index in [9.17, 15) is 4.79 Å². The zero-order valence-corrected chi connectivity index (χ0v) is 6.10. The van der Waals surface area contributed by atoms with Gasteiger partial charge in [-0.1, -0.05) is 12.2 Å². The Balaban J connectivity index is 3.62. The molecule has 0 heterocycles. The molecule has 3 N–H and O–H groups in total. The number of aliphatic carboxylic acids is 1. The summed E-state index contributed by atoms with van der Waals surface area (Å²) in [5.41, 5.74) is 5.11. The molecule has 3 nitrogen and oxygen atoms in total. The molecular weight excluding hydrogens is 137 g/mol. The summed E-state index contributed by atoms with van der Waals surface area (Å²) in [6.07, 6.45) is 3.89. The highest BCUT2D eigenvalue weighted by atomic mass is 31.0. The zero-order chi connectivity index (χ0) is 7.28. The standard InChI is InChI=1S/C5H10NO2P/c6-4(5(7)8)2-1-3-9/h1-2,4H,3,6,9H2,(H,7,8)/b2-1+. The van der Waals surface area contributed by atoms with Crippen molar-refractivity contribution < 1.29 is 9.90 Å². The fourth-order valence-corrected chi connectivity index (χ4v) is 0.465. The number of carboxylic acid groups (broad SMARTS) is 1. The first-order valence-corrected chi connectivity index (χ1v) is 3.35. The van der Waals surface area contributed by atoms with E-state index in [2.05, 4.69) is 9.24 Å². The van der Waals surface area contributed by atoms with E-state index in [1.807, 2.05) is 0 Å². The van der Waals surface area contributed by atoms with Crippen molar-refractivity contribution >= 4 is 15.2 Å². The van der Waals surface area contributed by atoms with Crippen LogP contribution in [0.15, 0.2) is 12.2 Å². The lowest BCUT2D eigenvalue weighted by atomic mass is 10.3. The first-order valence-electron chi connectivity index (χ1n) is 2.53. The number of hydrogen-bond acceptors (Lipinski definition) is 2. The number of hydrogen-bond donors (Lipinski definition) is 2. The topological polar surface area (TPSA) is 63.3 Å². The van der Waals surface area contributed by atoms with Crippen LogP contribution < -0.4 is 5.73 Å². The number of rotatable bonds is 3. The quantitative estimate of drug-likeness (QED) is 0.430. The van der Waals surface area contributed by atoms with Gasteiger partial charge >= 0.3 is 5.97 Å². The number of carboxylic acids is 1. The Morgan fingerprint density at radius 3 is 2.78 bits per heavy atom. The molecule has 0 aromatic rings. The lowest BCUT2D eigenvalue weighted by Crippen LogP contribution is -2.27. The van der Waals surface area contributed by atoms with Crippen molar-refractivity contribution in [2.75, 3.05) is 6.16 Å². The van der Waals surface area contributed by atoms with Crippen LogP contribution in [0.4, 0.5) is 0 Å². The third-order valence-electron chi connectivity index (χ3n) is 0.765. The molecule has 4 heteroatoms. The number of allylic oxidation sites excluding steroid dienone is 1. The number of nitrogens with two attached hydrogens (primary N) is 1. The van der Waals surface area contributed by atoms with E-state index >= 15 is 0 Å². The molecule has 0 amide bonds. The summed E-state index contributed by atoms with van der Waals surface area (Å²) < 4.78 is 0. The van der Waals surface area contributed by atoms with Gasteiger partial charge in [0.2, 0.25) is 0 Å². The van der Waals surface area contributed by atoms with Crippen molar-refractivity contribution in [2.24, 2.45) is 5.73 Å². The van der Waals surface area contributed by atoms with E-state index in [1.54, 1.807) is 6.08 Å². The summed E-state index contributed by atoms with van der Waals surface area (Å²) in [6.45, 7) is 0. The highest BCUT2D eigenvalue weighted by Crippen LogP contribution is 1.85. The highest BCUT2D eigenvalue weighted by molar-refractivity contribution is 7.16. The Kier molecular flexibility index (Phi) is 4.28. The molecule has 0 radical (unpaired) electrons. The zero-order valence-electron chi connectivity index (χ0n) is 4.95. The average Bonchev–Trinajstić information content (AvgIpc) is 1.82. The van der Waals surface area contributed by atoms with Crippen molar-refractivity contribution in [1.82, 2.24) is 0 Å². The molecule has 0 aliphatic heterocycles. The summed E-state index contributed by atoms with van der Waals surface area (Å²) in [4.78, 5) is 10.0. The van der Waals surface area contributed by atoms with Gasteiger partial charge < -0.3 is 10.8 Å². The van der Waals surface area contributed by atoms with Gasteiger partial charge in [0, 0.05) is 0 Å². The summed E-state index contributed by atoms with van der Waals surface area (Å²) in [7, 11) is 2.44. The molecule has 0 aromatic heterocycles. The molecular formula is C5H10NO2P. The molecule has 0 bridgehead atoms. The summed E-state index contributed by atoms with van der Waals surface area (Å²) in [5.74, 6) is -0.996. The van der Waals surface area contributed by atoms with E-state index in [4.69, 9.17) is 10.8 Å². The molecule has 0 spiro atoms. The maximum atomic E-state index is 10.0. The molecule has 52 valence electrons. The van der Waals surface area contributed by atoms with Crippen LogP contribution in [0.5, 0.6) is 0 Å². The summed E-state index contributed by atoms with van der Waals surface area (Å²) in [6, 6.07) is -0.856. The second-order valence-corrected chi connectivity index (χ2v) is 2.00. The molecule has 2 atom stereocenters. The van der Waals surface area contributed by atoms with Crippen LogP contribution in [0.3, 0.4) is 0 Å².